The highest BCUT2D eigenvalue weighted by atomic mass is 79.9. The number of aromatic amines is 1. The number of amides is 3. The van der Waals surface area contributed by atoms with E-state index in [4.69, 9.17) is 4.74 Å². The fraction of sp³-hybridized carbons (Fsp3) is 0.290. The number of hydrogen-bond donors (Lipinski definition) is 2. The third-order valence-corrected chi connectivity index (χ3v) is 7.13. The highest BCUT2D eigenvalue weighted by Gasteiger charge is 2.22. The van der Waals surface area contributed by atoms with Crippen LogP contribution in [-0.2, 0) is 22.5 Å². The van der Waals surface area contributed by atoms with E-state index >= 15 is 0 Å². The molecule has 0 aliphatic heterocycles. The van der Waals surface area contributed by atoms with Crippen molar-refractivity contribution in [2.75, 3.05) is 38.7 Å². The third-order valence-electron chi connectivity index (χ3n) is 6.64. The summed E-state index contributed by atoms with van der Waals surface area (Å²) >= 11 is 3.44. The van der Waals surface area contributed by atoms with Crippen molar-refractivity contribution in [1.29, 1.82) is 0 Å². The van der Waals surface area contributed by atoms with E-state index in [1.54, 1.807) is 12.0 Å². The van der Waals surface area contributed by atoms with Gasteiger partial charge < -0.3 is 24.8 Å². The number of nitrogens with zero attached hydrogens (tertiary/aromatic N) is 2. The first-order chi connectivity index (χ1) is 18.9. The van der Waals surface area contributed by atoms with Crippen molar-refractivity contribution < 1.29 is 14.3 Å². The lowest BCUT2D eigenvalue weighted by molar-refractivity contribution is -0.132. The van der Waals surface area contributed by atoms with Gasteiger partial charge in [0.25, 0.3) is 0 Å². The van der Waals surface area contributed by atoms with Gasteiger partial charge in [-0.05, 0) is 55.2 Å². The summed E-state index contributed by atoms with van der Waals surface area (Å²) < 4.78 is 6.06. The summed E-state index contributed by atoms with van der Waals surface area (Å²) in [7, 11) is 1.63. The number of carbonyl (C=O) groups is 2. The van der Waals surface area contributed by atoms with Gasteiger partial charge in [-0.15, -0.1) is 0 Å². The van der Waals surface area contributed by atoms with Crippen LogP contribution in [-0.4, -0.2) is 60.1 Å². The molecule has 0 atom stereocenters. The van der Waals surface area contributed by atoms with Gasteiger partial charge in [-0.1, -0.05) is 70.0 Å². The summed E-state index contributed by atoms with van der Waals surface area (Å²) in [5, 5.41) is 4.09. The number of anilines is 1. The topological polar surface area (TPSA) is 77.7 Å². The number of carbonyl (C=O) groups excluding carboxylic acids is 2. The summed E-state index contributed by atoms with van der Waals surface area (Å²) in [6, 6.07) is 23.5. The van der Waals surface area contributed by atoms with E-state index in [2.05, 4.69) is 62.6 Å². The van der Waals surface area contributed by atoms with Crippen molar-refractivity contribution in [2.24, 2.45) is 0 Å². The number of benzene rings is 3. The first-order valence-electron chi connectivity index (χ1n) is 13.1. The largest absolute Gasteiger partial charge is 0.385 e. The number of fused-ring (bicyclic) bond motifs is 1. The number of aromatic nitrogens is 1. The molecule has 0 bridgehead atoms. The van der Waals surface area contributed by atoms with Gasteiger partial charge in [-0.2, -0.15) is 0 Å². The number of para-hydroxylation sites is 1. The molecule has 4 rings (SSSR count). The molecule has 0 radical (unpaired) electrons. The summed E-state index contributed by atoms with van der Waals surface area (Å²) in [6.45, 7) is 3.94. The molecule has 0 spiro atoms. The Labute approximate surface area is 238 Å². The lowest BCUT2D eigenvalue weighted by atomic mass is 10.1. The first-order valence-corrected chi connectivity index (χ1v) is 13.9. The van der Waals surface area contributed by atoms with Crippen molar-refractivity contribution >= 4 is 44.5 Å². The second-order valence-corrected chi connectivity index (χ2v) is 10.5. The molecule has 8 heteroatoms. The summed E-state index contributed by atoms with van der Waals surface area (Å²) in [4.78, 5) is 33.7. The Morgan fingerprint density at radius 1 is 0.974 bits per heavy atom. The molecule has 0 saturated carbocycles. The van der Waals surface area contributed by atoms with Crippen LogP contribution in [0.4, 0.5) is 10.5 Å². The molecule has 39 heavy (non-hydrogen) atoms. The molecule has 1 aromatic heterocycles. The van der Waals surface area contributed by atoms with Crippen LogP contribution in [0.15, 0.2) is 83.5 Å². The molecule has 0 aliphatic rings. The average Bonchev–Trinajstić information content (AvgIpc) is 3.34. The minimum absolute atomic E-state index is 0.0245. The van der Waals surface area contributed by atoms with E-state index in [-0.39, 0.29) is 18.5 Å². The Morgan fingerprint density at radius 2 is 1.77 bits per heavy atom. The summed E-state index contributed by atoms with van der Waals surface area (Å²) in [6.07, 6.45) is 3.35. The van der Waals surface area contributed by atoms with Gasteiger partial charge in [-0.3, -0.25) is 4.79 Å². The molecular weight excluding hydrogens is 556 g/mol. The molecular formula is C31H35BrN4O3. The van der Waals surface area contributed by atoms with E-state index in [9.17, 15) is 9.59 Å². The van der Waals surface area contributed by atoms with Crippen LogP contribution < -0.4 is 5.32 Å². The Balaban J connectivity index is 1.51. The van der Waals surface area contributed by atoms with E-state index in [0.717, 1.165) is 26.5 Å². The number of ether oxygens (including phenoxy) is 1. The Kier molecular flexibility index (Phi) is 10.2. The fourth-order valence-electron chi connectivity index (χ4n) is 4.48. The fourth-order valence-corrected chi connectivity index (χ4v) is 4.88. The zero-order valence-electron chi connectivity index (χ0n) is 22.5. The molecule has 3 aromatic carbocycles. The van der Waals surface area contributed by atoms with Gasteiger partial charge in [0.05, 0.1) is 0 Å². The number of rotatable bonds is 12. The molecule has 0 unspecified atom stereocenters. The highest BCUT2D eigenvalue weighted by molar-refractivity contribution is 9.10. The van der Waals surface area contributed by atoms with Crippen LogP contribution in [0.1, 0.15) is 23.1 Å². The molecule has 4 aromatic rings. The zero-order valence-corrected chi connectivity index (χ0v) is 24.0. The van der Waals surface area contributed by atoms with Gasteiger partial charge in [0.2, 0.25) is 5.91 Å². The van der Waals surface area contributed by atoms with Crippen LogP contribution >= 0.6 is 15.9 Å². The van der Waals surface area contributed by atoms with Crippen molar-refractivity contribution in [3.8, 4) is 0 Å². The number of urea groups is 1. The predicted octanol–water partition coefficient (Wildman–Crippen LogP) is 6.38. The number of nitrogens with one attached hydrogen (secondary N) is 2. The maximum absolute atomic E-state index is 13.7. The van der Waals surface area contributed by atoms with E-state index in [1.165, 1.54) is 5.56 Å². The van der Waals surface area contributed by atoms with E-state index < -0.39 is 0 Å². The second kappa shape index (κ2) is 14.0. The third kappa shape index (κ3) is 8.18. The van der Waals surface area contributed by atoms with Crippen molar-refractivity contribution in [1.82, 2.24) is 14.8 Å². The van der Waals surface area contributed by atoms with Crippen LogP contribution in [0.2, 0.25) is 0 Å². The second-order valence-electron chi connectivity index (χ2n) is 9.62. The number of H-pyrrole nitrogens is 1. The van der Waals surface area contributed by atoms with Gasteiger partial charge in [-0.25, -0.2) is 4.79 Å². The number of methoxy groups -OCH3 is 1. The summed E-state index contributed by atoms with van der Waals surface area (Å²) in [5.41, 5.74) is 5.13. The van der Waals surface area contributed by atoms with Gasteiger partial charge in [0, 0.05) is 60.6 Å². The zero-order chi connectivity index (χ0) is 27.6. The first kappa shape index (κ1) is 28.4. The smallest absolute Gasteiger partial charge is 0.322 e. The quantitative estimate of drug-likeness (QED) is 0.188. The van der Waals surface area contributed by atoms with E-state index in [0.29, 0.717) is 44.8 Å². The highest BCUT2D eigenvalue weighted by Crippen LogP contribution is 2.20. The molecule has 1 heterocycles. The van der Waals surface area contributed by atoms with Crippen molar-refractivity contribution in [3.63, 3.8) is 0 Å². The minimum Gasteiger partial charge on any atom is -0.385 e. The number of hydrogen-bond acceptors (Lipinski definition) is 3. The molecule has 0 saturated heterocycles. The monoisotopic (exact) mass is 590 g/mol. The molecule has 0 aliphatic carbocycles. The Hall–Kier alpha value is -3.62. The van der Waals surface area contributed by atoms with Gasteiger partial charge in [0.1, 0.15) is 6.54 Å². The number of halogens is 1. The maximum atomic E-state index is 13.7. The van der Waals surface area contributed by atoms with Crippen LogP contribution in [0.3, 0.4) is 0 Å². The normalized spacial score (nSPS) is 10.9. The molecule has 7 nitrogen and oxygen atoms in total. The summed E-state index contributed by atoms with van der Waals surface area (Å²) in [5.74, 6) is -0.0998. The standard InChI is InChI=1S/C31H35BrN4O3/c1-23-11-13-24(14-12-23)21-35(17-15-25-20-33-29-10-4-3-9-28(25)29)30(37)22-36(16-6-18-39-2)31(38)34-27-8-5-7-26(32)19-27/h3-5,7-14,19-20,33H,6,15-18,21-22H2,1-2H3,(H,34,38). The lowest BCUT2D eigenvalue weighted by Crippen LogP contribution is -2.45. The van der Waals surface area contributed by atoms with Crippen LogP contribution in [0, 0.1) is 6.92 Å². The minimum atomic E-state index is -0.315. The van der Waals surface area contributed by atoms with Crippen LogP contribution in [0.5, 0.6) is 0 Å². The molecule has 0 fully saturated rings. The average molecular weight is 592 g/mol. The van der Waals surface area contributed by atoms with Gasteiger partial charge in [0.15, 0.2) is 0 Å². The van der Waals surface area contributed by atoms with Gasteiger partial charge >= 0.3 is 6.03 Å². The SMILES string of the molecule is COCCCN(CC(=O)N(CCc1c[nH]c2ccccc12)Cc1ccc(C)cc1)C(=O)Nc1cccc(Br)c1. The van der Waals surface area contributed by atoms with Crippen LogP contribution in [0.25, 0.3) is 10.9 Å². The predicted molar refractivity (Wildman–Crippen MR) is 160 cm³/mol. The van der Waals surface area contributed by atoms with Crippen molar-refractivity contribution in [2.45, 2.75) is 26.3 Å². The lowest BCUT2D eigenvalue weighted by Gasteiger charge is -2.28. The van der Waals surface area contributed by atoms with Crippen molar-refractivity contribution in [3.05, 3.63) is 100 Å². The number of aryl methyl sites for hydroxylation is 1. The maximum Gasteiger partial charge on any atom is 0.322 e. The van der Waals surface area contributed by atoms with E-state index in [1.807, 2.05) is 54.4 Å². The molecule has 204 valence electrons. The molecule has 3 amide bonds. The molecule has 2 N–H and O–H groups in total. The Bertz CT molecular complexity index is 1390. The Morgan fingerprint density at radius 3 is 2.54 bits per heavy atom.